The van der Waals surface area contributed by atoms with Crippen LogP contribution in [0.15, 0.2) is 53.7 Å². The van der Waals surface area contributed by atoms with Crippen LogP contribution in [0.4, 0.5) is 0 Å². The maximum Gasteiger partial charge on any atom is 0.229 e. The van der Waals surface area contributed by atoms with Crippen LogP contribution < -0.4 is 4.74 Å². The highest BCUT2D eigenvalue weighted by atomic mass is 32.1. The number of nitrogens with zero attached hydrogens (tertiary/aromatic N) is 3. The van der Waals surface area contributed by atoms with Gasteiger partial charge in [0.15, 0.2) is 5.82 Å². The largest absolute Gasteiger partial charge is 0.545 e. The zero-order chi connectivity index (χ0) is 21.9. The van der Waals surface area contributed by atoms with E-state index in [1.807, 2.05) is 36.4 Å². The first-order chi connectivity index (χ1) is 14.2. The first-order valence-electron chi connectivity index (χ1n) is 9.96. The summed E-state index contributed by atoms with van der Waals surface area (Å²) in [6, 6.07) is 13.9. The minimum Gasteiger partial charge on any atom is -0.545 e. The van der Waals surface area contributed by atoms with Gasteiger partial charge in [-0.25, -0.2) is 9.67 Å². The molecule has 2 aromatic heterocycles. The molecule has 0 spiro atoms. The van der Waals surface area contributed by atoms with Crippen molar-refractivity contribution in [3.8, 4) is 11.6 Å². The van der Waals surface area contributed by atoms with Crippen LogP contribution in [0, 0.1) is 0 Å². The maximum atomic E-state index is 6.24. The normalized spacial score (nSPS) is 12.3. The van der Waals surface area contributed by atoms with E-state index in [0.29, 0.717) is 10.8 Å². The third kappa shape index (κ3) is 5.15. The molecule has 30 heavy (non-hydrogen) atoms. The van der Waals surface area contributed by atoms with E-state index in [9.17, 15) is 0 Å². The van der Waals surface area contributed by atoms with Crippen molar-refractivity contribution in [3.05, 3.63) is 65.5 Å². The fraction of sp³-hybridized carbons (Fsp3) is 0.304. The van der Waals surface area contributed by atoms with Crippen molar-refractivity contribution in [3.63, 3.8) is 0 Å². The lowest BCUT2D eigenvalue weighted by Crippen LogP contribution is -2.12. The van der Waals surface area contributed by atoms with Crippen molar-refractivity contribution in [2.75, 3.05) is 7.11 Å². The maximum absolute atomic E-state index is 6.24. The van der Waals surface area contributed by atoms with Gasteiger partial charge in [-0.3, -0.25) is 0 Å². The van der Waals surface area contributed by atoms with Crippen LogP contribution in [-0.2, 0) is 9.84 Å². The van der Waals surface area contributed by atoms with Crippen molar-refractivity contribution in [1.82, 2.24) is 14.8 Å². The predicted molar refractivity (Wildman–Crippen MR) is 128 cm³/mol. The second kappa shape index (κ2) is 9.10. The Morgan fingerprint density at radius 1 is 1.13 bits per heavy atom. The number of hydrogen-bond donors (Lipinski definition) is 1. The molecule has 5 nitrogen and oxygen atoms in total. The number of hydrogen-bond acceptors (Lipinski definition) is 5. The van der Waals surface area contributed by atoms with Crippen LogP contribution in [0.25, 0.3) is 17.7 Å². The Bertz CT molecular complexity index is 1040. The summed E-state index contributed by atoms with van der Waals surface area (Å²) in [7, 11) is 0.341. The number of aromatic nitrogens is 3. The first-order valence-corrected chi connectivity index (χ1v) is 13.2. The third-order valence-electron chi connectivity index (χ3n) is 4.50. The topological polar surface area (TPSA) is 49.2 Å². The molecule has 0 aliphatic heterocycles. The number of rotatable bonds is 6. The van der Waals surface area contributed by atoms with Gasteiger partial charge in [0.05, 0.1) is 12.1 Å². The number of ether oxygens (including phenoxy) is 1. The van der Waals surface area contributed by atoms with Gasteiger partial charge in [0.1, 0.15) is 17.2 Å². The average molecular weight is 440 g/mol. The summed E-state index contributed by atoms with van der Waals surface area (Å²) in [6.07, 6.45) is 3.75. The van der Waals surface area contributed by atoms with Gasteiger partial charge in [0.25, 0.3) is 0 Å². The smallest absolute Gasteiger partial charge is 0.229 e. The molecule has 0 unspecified atom stereocenters. The summed E-state index contributed by atoms with van der Waals surface area (Å²) in [5.74, 6) is 2.31. The summed E-state index contributed by atoms with van der Waals surface area (Å²) in [6.45, 7) is 10.8. The van der Waals surface area contributed by atoms with Crippen LogP contribution in [0.3, 0.4) is 0 Å². The van der Waals surface area contributed by atoms with Gasteiger partial charge in [-0.1, -0.05) is 39.0 Å². The summed E-state index contributed by atoms with van der Waals surface area (Å²) in [4.78, 5) is 4.37. The van der Waals surface area contributed by atoms with Crippen LogP contribution in [0.1, 0.15) is 37.6 Å². The van der Waals surface area contributed by atoms with E-state index >= 15 is 0 Å². The minimum absolute atomic E-state index is 0.000151. The van der Waals surface area contributed by atoms with Gasteiger partial charge in [-0.05, 0) is 53.9 Å². The molecule has 2 heterocycles. The second-order valence-electron chi connectivity index (χ2n) is 8.37. The minimum atomic E-state index is -1.37. The number of methoxy groups -OCH3 is 1. The Morgan fingerprint density at radius 3 is 2.50 bits per heavy atom. The second-order valence-corrected chi connectivity index (χ2v) is 11.2. The van der Waals surface area contributed by atoms with E-state index in [1.54, 1.807) is 18.0 Å². The lowest BCUT2D eigenvalue weighted by molar-refractivity contribution is 0.397. The molecule has 0 fully saturated rings. The van der Waals surface area contributed by atoms with Gasteiger partial charge in [-0.15, -0.1) is 12.6 Å². The molecule has 3 rings (SSSR count). The van der Waals surface area contributed by atoms with E-state index in [-0.39, 0.29) is 5.41 Å². The summed E-state index contributed by atoms with van der Waals surface area (Å²) in [5.41, 5.74) is 2.89. The molecule has 7 heteroatoms. The van der Waals surface area contributed by atoms with E-state index < -0.39 is 9.04 Å². The van der Waals surface area contributed by atoms with Gasteiger partial charge >= 0.3 is 0 Å². The molecule has 0 bridgehead atoms. The molecule has 0 atom stereocenters. The summed E-state index contributed by atoms with van der Waals surface area (Å²) >= 11 is 4.59. The van der Waals surface area contributed by atoms with Crippen molar-refractivity contribution >= 4 is 33.5 Å². The van der Waals surface area contributed by atoms with Crippen LogP contribution >= 0.6 is 12.6 Å². The van der Waals surface area contributed by atoms with E-state index in [0.717, 1.165) is 22.8 Å². The van der Waals surface area contributed by atoms with Crippen molar-refractivity contribution in [1.29, 1.82) is 0 Å². The zero-order valence-corrected chi connectivity index (χ0v) is 20.4. The summed E-state index contributed by atoms with van der Waals surface area (Å²) in [5, 5.41) is 5.40. The highest BCUT2D eigenvalue weighted by molar-refractivity contribution is 7.80. The molecule has 0 aliphatic rings. The Hall–Kier alpha value is -2.51. The highest BCUT2D eigenvalue weighted by Crippen LogP contribution is 2.33. The fourth-order valence-corrected chi connectivity index (χ4v) is 4.10. The van der Waals surface area contributed by atoms with E-state index in [4.69, 9.17) is 14.3 Å². The molecule has 1 aromatic carbocycles. The number of thiol groups is 1. The van der Waals surface area contributed by atoms with E-state index in [2.05, 4.69) is 63.6 Å². The molecule has 0 saturated heterocycles. The molecule has 3 aromatic rings. The van der Waals surface area contributed by atoms with Crippen molar-refractivity contribution < 1.29 is 9.16 Å². The SMILES string of the molecule is COc1cc(C=C(O[SiH](C)C)c2cc(S)n(-c3ccccn3)n2)ccc1C(C)(C)C. The predicted octanol–water partition coefficient (Wildman–Crippen LogP) is 5.36. The van der Waals surface area contributed by atoms with Crippen molar-refractivity contribution in [2.24, 2.45) is 0 Å². The molecule has 0 radical (unpaired) electrons. The molecule has 0 saturated carbocycles. The first kappa shape index (κ1) is 22.2. The Kier molecular flexibility index (Phi) is 6.73. The zero-order valence-electron chi connectivity index (χ0n) is 18.4. The van der Waals surface area contributed by atoms with Gasteiger partial charge in [0.2, 0.25) is 9.04 Å². The van der Waals surface area contributed by atoms with Crippen molar-refractivity contribution in [2.45, 2.75) is 44.3 Å². The Labute approximate surface area is 185 Å². The Balaban J connectivity index is 2.05. The standard InChI is InChI=1S/C23H29N3O2SSi/c1-23(2,3)17-11-10-16(13-19(17)27-4)14-20(28-30(5)6)18-15-22(29)26(25-18)21-9-7-8-12-24-21/h7-15,29-30H,1-6H3. The average Bonchev–Trinajstić information content (AvgIpc) is 3.08. The molecule has 0 N–H and O–H groups in total. The lowest BCUT2D eigenvalue weighted by Gasteiger charge is -2.22. The number of benzene rings is 1. The molecular formula is C23H29N3O2SSi. The quantitative estimate of drug-likeness (QED) is 0.319. The lowest BCUT2D eigenvalue weighted by atomic mass is 9.85. The molecule has 0 amide bonds. The fourth-order valence-electron chi connectivity index (χ4n) is 3.13. The van der Waals surface area contributed by atoms with Gasteiger partial charge in [-0.2, -0.15) is 5.10 Å². The molecule has 158 valence electrons. The van der Waals surface area contributed by atoms with Crippen LogP contribution in [0.5, 0.6) is 5.75 Å². The monoisotopic (exact) mass is 439 g/mol. The Morgan fingerprint density at radius 2 is 1.90 bits per heavy atom. The number of pyridine rings is 1. The van der Waals surface area contributed by atoms with Gasteiger partial charge < -0.3 is 9.16 Å². The summed E-state index contributed by atoms with van der Waals surface area (Å²) < 4.78 is 13.6. The molecule has 0 aliphatic carbocycles. The third-order valence-corrected chi connectivity index (χ3v) is 5.55. The van der Waals surface area contributed by atoms with Crippen LogP contribution in [0.2, 0.25) is 13.1 Å². The van der Waals surface area contributed by atoms with Crippen LogP contribution in [-0.4, -0.2) is 30.9 Å². The highest BCUT2D eigenvalue weighted by Gasteiger charge is 2.19. The van der Waals surface area contributed by atoms with Gasteiger partial charge in [0, 0.05) is 12.3 Å². The molecular weight excluding hydrogens is 410 g/mol. The van der Waals surface area contributed by atoms with E-state index in [1.165, 1.54) is 5.56 Å².